The number of nitrogens with zero attached hydrogens (tertiary/aromatic N) is 2. The highest BCUT2D eigenvalue weighted by Gasteiger charge is 2.37. The topological polar surface area (TPSA) is 171 Å². The molecule has 12 heteroatoms. The lowest BCUT2D eigenvalue weighted by atomic mass is 10.0. The molecule has 0 aromatic carbocycles. The SMILES string of the molecule is CC(C)CC(NC(=O)C1CCCN1C(=O)C(N)CS)C(=O)NC(Cc1cnc[nH]1)C(=O)O. The zero-order valence-corrected chi connectivity index (χ0v) is 19.2. The molecular weight excluding hydrogens is 436 g/mol. The van der Waals surface area contributed by atoms with Gasteiger partial charge in [0.1, 0.15) is 18.1 Å². The van der Waals surface area contributed by atoms with Crippen LogP contribution < -0.4 is 16.4 Å². The third kappa shape index (κ3) is 6.95. The van der Waals surface area contributed by atoms with E-state index in [1.165, 1.54) is 17.4 Å². The number of aromatic nitrogens is 2. The number of carboxylic acid groups (broad SMARTS) is 1. The van der Waals surface area contributed by atoms with Crippen LogP contribution in [0, 0.1) is 5.92 Å². The van der Waals surface area contributed by atoms with E-state index in [0.29, 0.717) is 31.5 Å². The van der Waals surface area contributed by atoms with Crippen LogP contribution in [0.25, 0.3) is 0 Å². The molecule has 4 unspecified atom stereocenters. The molecular formula is C20H32N6O5S. The zero-order chi connectivity index (χ0) is 23.8. The van der Waals surface area contributed by atoms with Gasteiger partial charge in [-0.3, -0.25) is 14.4 Å². The van der Waals surface area contributed by atoms with Crippen molar-refractivity contribution in [2.24, 2.45) is 11.7 Å². The Bertz CT molecular complexity index is 802. The summed E-state index contributed by atoms with van der Waals surface area (Å²) in [4.78, 5) is 58.1. The minimum absolute atomic E-state index is 0.0237. The highest BCUT2D eigenvalue weighted by atomic mass is 32.1. The molecule has 6 N–H and O–H groups in total. The molecule has 1 aliphatic rings. The van der Waals surface area contributed by atoms with Crippen LogP contribution in [-0.2, 0) is 25.6 Å². The van der Waals surface area contributed by atoms with Gasteiger partial charge in [0.25, 0.3) is 0 Å². The lowest BCUT2D eigenvalue weighted by Gasteiger charge is -2.28. The minimum atomic E-state index is -1.20. The van der Waals surface area contributed by atoms with Gasteiger partial charge >= 0.3 is 5.97 Å². The maximum Gasteiger partial charge on any atom is 0.326 e. The molecule has 0 spiro atoms. The molecule has 0 radical (unpaired) electrons. The van der Waals surface area contributed by atoms with Crippen molar-refractivity contribution in [1.29, 1.82) is 0 Å². The van der Waals surface area contributed by atoms with E-state index in [4.69, 9.17) is 5.73 Å². The summed E-state index contributed by atoms with van der Waals surface area (Å²) in [5.74, 6) is -2.38. The monoisotopic (exact) mass is 468 g/mol. The zero-order valence-electron chi connectivity index (χ0n) is 18.3. The molecule has 1 aromatic rings. The van der Waals surface area contributed by atoms with Crippen molar-refractivity contribution in [3.63, 3.8) is 0 Å². The number of imidazole rings is 1. The lowest BCUT2D eigenvalue weighted by molar-refractivity contribution is -0.143. The largest absolute Gasteiger partial charge is 0.480 e. The number of nitrogens with one attached hydrogen (secondary N) is 3. The van der Waals surface area contributed by atoms with E-state index in [1.807, 2.05) is 13.8 Å². The summed E-state index contributed by atoms with van der Waals surface area (Å²) in [5.41, 5.74) is 6.34. The van der Waals surface area contributed by atoms with Gasteiger partial charge in [-0.2, -0.15) is 12.6 Å². The van der Waals surface area contributed by atoms with E-state index in [9.17, 15) is 24.3 Å². The maximum absolute atomic E-state index is 13.0. The molecule has 1 aromatic heterocycles. The first-order valence-corrected chi connectivity index (χ1v) is 11.2. The number of hydrogen-bond acceptors (Lipinski definition) is 7. The van der Waals surface area contributed by atoms with Crippen LogP contribution in [0.3, 0.4) is 0 Å². The Hall–Kier alpha value is -2.60. The number of aliphatic carboxylic acids is 1. The third-order valence-corrected chi connectivity index (χ3v) is 5.68. The van der Waals surface area contributed by atoms with Gasteiger partial charge in [-0.05, 0) is 25.2 Å². The van der Waals surface area contributed by atoms with Crippen LogP contribution in [-0.4, -0.2) is 80.1 Å². The number of H-pyrrole nitrogens is 1. The van der Waals surface area contributed by atoms with Crippen LogP contribution in [0.2, 0.25) is 0 Å². The second-order valence-corrected chi connectivity index (χ2v) is 8.71. The van der Waals surface area contributed by atoms with E-state index in [1.54, 1.807) is 0 Å². The fraction of sp³-hybridized carbons (Fsp3) is 0.650. The molecule has 178 valence electrons. The molecule has 0 saturated carbocycles. The summed E-state index contributed by atoms with van der Waals surface area (Å²) < 4.78 is 0. The minimum Gasteiger partial charge on any atom is -0.480 e. The molecule has 1 aliphatic heterocycles. The second-order valence-electron chi connectivity index (χ2n) is 8.35. The predicted octanol–water partition coefficient (Wildman–Crippen LogP) is -0.699. The summed E-state index contributed by atoms with van der Waals surface area (Å²) in [7, 11) is 0. The van der Waals surface area contributed by atoms with Crippen LogP contribution in [0.15, 0.2) is 12.5 Å². The number of carbonyl (C=O) groups excluding carboxylic acids is 3. The average molecular weight is 469 g/mol. The fourth-order valence-corrected chi connectivity index (χ4v) is 3.81. The van der Waals surface area contributed by atoms with E-state index in [0.717, 1.165) is 0 Å². The Morgan fingerprint density at radius 3 is 2.59 bits per heavy atom. The van der Waals surface area contributed by atoms with Crippen LogP contribution >= 0.6 is 12.6 Å². The fourth-order valence-electron chi connectivity index (χ4n) is 3.65. The van der Waals surface area contributed by atoms with Gasteiger partial charge < -0.3 is 31.4 Å². The predicted molar refractivity (Wildman–Crippen MR) is 120 cm³/mol. The van der Waals surface area contributed by atoms with Crippen molar-refractivity contribution in [1.82, 2.24) is 25.5 Å². The van der Waals surface area contributed by atoms with Crippen molar-refractivity contribution < 1.29 is 24.3 Å². The van der Waals surface area contributed by atoms with Crippen LogP contribution in [0.1, 0.15) is 38.8 Å². The van der Waals surface area contributed by atoms with Crippen molar-refractivity contribution in [2.45, 2.75) is 63.7 Å². The molecule has 0 aliphatic carbocycles. The molecule has 0 bridgehead atoms. The van der Waals surface area contributed by atoms with E-state index in [2.05, 4.69) is 33.2 Å². The van der Waals surface area contributed by atoms with Gasteiger partial charge in [-0.25, -0.2) is 9.78 Å². The van der Waals surface area contributed by atoms with Gasteiger partial charge in [0, 0.05) is 30.6 Å². The van der Waals surface area contributed by atoms with Crippen molar-refractivity contribution in [3.05, 3.63) is 18.2 Å². The summed E-state index contributed by atoms with van der Waals surface area (Å²) in [6.07, 6.45) is 4.35. The van der Waals surface area contributed by atoms with Crippen molar-refractivity contribution in [3.8, 4) is 0 Å². The summed E-state index contributed by atoms with van der Waals surface area (Å²) in [5, 5.41) is 14.7. The molecule has 1 fully saturated rings. The molecule has 11 nitrogen and oxygen atoms in total. The third-order valence-electron chi connectivity index (χ3n) is 5.29. The van der Waals surface area contributed by atoms with Crippen LogP contribution in [0.4, 0.5) is 0 Å². The van der Waals surface area contributed by atoms with Gasteiger partial charge in [0.05, 0.1) is 12.4 Å². The lowest BCUT2D eigenvalue weighted by Crippen LogP contribution is -2.57. The Morgan fingerprint density at radius 2 is 2.03 bits per heavy atom. The van der Waals surface area contributed by atoms with E-state index < -0.39 is 42.0 Å². The maximum atomic E-state index is 13.0. The van der Waals surface area contributed by atoms with Crippen molar-refractivity contribution in [2.75, 3.05) is 12.3 Å². The Labute approximate surface area is 192 Å². The highest BCUT2D eigenvalue weighted by Crippen LogP contribution is 2.19. The second kappa shape index (κ2) is 11.9. The van der Waals surface area contributed by atoms with Gasteiger partial charge in [-0.1, -0.05) is 13.8 Å². The number of amides is 3. The molecule has 2 rings (SSSR count). The van der Waals surface area contributed by atoms with Crippen LogP contribution in [0.5, 0.6) is 0 Å². The van der Waals surface area contributed by atoms with Gasteiger partial charge in [0.2, 0.25) is 17.7 Å². The smallest absolute Gasteiger partial charge is 0.326 e. The van der Waals surface area contributed by atoms with E-state index >= 15 is 0 Å². The number of carboxylic acids is 1. The normalized spacial score (nSPS) is 18.8. The summed E-state index contributed by atoms with van der Waals surface area (Å²) in [6, 6.07) is -3.66. The highest BCUT2D eigenvalue weighted by molar-refractivity contribution is 7.80. The number of carbonyl (C=O) groups is 4. The molecule has 1 saturated heterocycles. The van der Waals surface area contributed by atoms with Gasteiger partial charge in [0.15, 0.2) is 0 Å². The molecule has 32 heavy (non-hydrogen) atoms. The molecule has 4 atom stereocenters. The number of nitrogens with two attached hydrogens (primary N) is 1. The number of thiol groups is 1. The Morgan fingerprint density at radius 1 is 1.31 bits per heavy atom. The first-order chi connectivity index (χ1) is 15.1. The number of aromatic amines is 1. The number of hydrogen-bond donors (Lipinski definition) is 6. The molecule has 3 amide bonds. The number of likely N-dealkylation sites (tertiary alicyclic amines) is 1. The summed E-state index contributed by atoms with van der Waals surface area (Å²) >= 11 is 4.05. The average Bonchev–Trinajstić information content (AvgIpc) is 3.43. The first-order valence-electron chi connectivity index (χ1n) is 10.6. The van der Waals surface area contributed by atoms with Crippen molar-refractivity contribution >= 4 is 36.3 Å². The number of rotatable bonds is 11. The Balaban J connectivity index is 2.09. The first kappa shape index (κ1) is 25.7. The standard InChI is InChI=1S/C20H32N6O5S/c1-11(2)6-14(17(27)25-15(20(30)31)7-12-8-22-10-23-12)24-18(28)16-4-3-5-26(16)19(29)13(21)9-32/h8,10-11,13-16,32H,3-7,9,21H2,1-2H3,(H,22,23)(H,24,28)(H,25,27)(H,30,31). The van der Waals surface area contributed by atoms with Gasteiger partial charge in [-0.15, -0.1) is 0 Å². The quantitative estimate of drug-likeness (QED) is 0.233. The Kier molecular flexibility index (Phi) is 9.51. The summed E-state index contributed by atoms with van der Waals surface area (Å²) in [6.45, 7) is 4.19. The van der Waals surface area contributed by atoms with E-state index in [-0.39, 0.29) is 24.0 Å². The molecule has 2 heterocycles.